The van der Waals surface area contributed by atoms with E-state index in [0.29, 0.717) is 55.5 Å². The van der Waals surface area contributed by atoms with Crippen molar-refractivity contribution in [3.63, 3.8) is 0 Å². The molecule has 4 aliphatic heterocycles. The fourth-order valence-corrected chi connectivity index (χ4v) is 12.2. The first-order valence-corrected chi connectivity index (χ1v) is 14.4. The maximum absolute atomic E-state index is 13.2. The van der Waals surface area contributed by atoms with Gasteiger partial charge in [-0.05, 0) is 57.8 Å². The van der Waals surface area contributed by atoms with Crippen LogP contribution in [0.5, 0.6) is 0 Å². The Bertz CT molecular complexity index is 835. The number of cyclic esters (lactones) is 2. The second-order valence-corrected chi connectivity index (χ2v) is 16.2. The van der Waals surface area contributed by atoms with Crippen LogP contribution >= 0.6 is 35.3 Å². The molecule has 0 amide bonds. The highest BCUT2D eigenvalue weighted by Gasteiger charge is 2.75. The molecule has 11 unspecified atom stereocenters. The second kappa shape index (κ2) is 6.11. The van der Waals surface area contributed by atoms with E-state index in [1.807, 2.05) is 11.8 Å². The van der Waals surface area contributed by atoms with Crippen molar-refractivity contribution in [2.75, 3.05) is 13.2 Å². The third kappa shape index (κ3) is 2.63. The predicted molar refractivity (Wildman–Crippen MR) is 121 cm³/mol. The number of hydrogen-bond donors (Lipinski definition) is 0. The first-order chi connectivity index (χ1) is 14.3. The molecular weight excluding hydrogens is 436 g/mol. The zero-order valence-corrected chi connectivity index (χ0v) is 20.1. The van der Waals surface area contributed by atoms with Gasteiger partial charge in [-0.3, -0.25) is 9.59 Å². The summed E-state index contributed by atoms with van der Waals surface area (Å²) in [5.74, 6) is -0.0456. The molecule has 164 valence electrons. The summed E-state index contributed by atoms with van der Waals surface area (Å²) in [6.07, 6.45) is 6.29. The van der Waals surface area contributed by atoms with Crippen LogP contribution in [0.3, 0.4) is 0 Å². The van der Waals surface area contributed by atoms with Gasteiger partial charge in [0.05, 0.1) is 25.0 Å². The van der Waals surface area contributed by atoms with Gasteiger partial charge in [0.15, 0.2) is 0 Å². The molecule has 4 nitrogen and oxygen atoms in total. The fourth-order valence-electron chi connectivity index (χ4n) is 7.79. The molecule has 7 heteroatoms. The molecule has 30 heavy (non-hydrogen) atoms. The Morgan fingerprint density at radius 3 is 2.23 bits per heavy atom. The van der Waals surface area contributed by atoms with Crippen LogP contribution in [0.4, 0.5) is 0 Å². The summed E-state index contributed by atoms with van der Waals surface area (Å²) >= 11 is 6.20. The van der Waals surface area contributed by atoms with Crippen LogP contribution < -0.4 is 0 Å². The summed E-state index contributed by atoms with van der Waals surface area (Å²) in [5, 5.41) is 2.43. The van der Waals surface area contributed by atoms with Crippen molar-refractivity contribution < 1.29 is 19.1 Å². The molecule has 3 saturated carbocycles. The van der Waals surface area contributed by atoms with E-state index in [0.717, 1.165) is 25.7 Å². The Hall–Kier alpha value is -0.0100. The van der Waals surface area contributed by atoms with E-state index < -0.39 is 0 Å². The summed E-state index contributed by atoms with van der Waals surface area (Å²) in [7, 11) is 0. The quantitative estimate of drug-likeness (QED) is 0.393. The van der Waals surface area contributed by atoms with Gasteiger partial charge in [-0.1, -0.05) is 0 Å². The Morgan fingerprint density at radius 1 is 0.867 bits per heavy atom. The van der Waals surface area contributed by atoms with Crippen molar-refractivity contribution >= 4 is 47.2 Å². The van der Waals surface area contributed by atoms with Crippen molar-refractivity contribution in [1.82, 2.24) is 0 Å². The molecule has 0 N–H and O–H groups in total. The van der Waals surface area contributed by atoms with E-state index in [9.17, 15) is 9.59 Å². The van der Waals surface area contributed by atoms with E-state index in [1.54, 1.807) is 0 Å². The molecule has 0 aromatic heterocycles. The molecule has 0 aromatic rings. The van der Waals surface area contributed by atoms with Crippen LogP contribution in [0.1, 0.15) is 52.4 Å². The highest BCUT2D eigenvalue weighted by molar-refractivity contribution is 8.09. The normalized spacial score (nSPS) is 60.6. The van der Waals surface area contributed by atoms with Crippen molar-refractivity contribution in [2.45, 2.75) is 82.9 Å². The van der Waals surface area contributed by atoms with Crippen LogP contribution in [0.15, 0.2) is 0 Å². The van der Waals surface area contributed by atoms with Crippen LogP contribution in [-0.4, -0.2) is 55.6 Å². The average Bonchev–Trinajstić information content (AvgIpc) is 3.61. The molecule has 4 heterocycles. The molecule has 1 spiro atoms. The Labute approximate surface area is 191 Å². The lowest BCUT2D eigenvalue weighted by Crippen LogP contribution is -2.55. The number of thioether (sulfide) groups is 3. The van der Waals surface area contributed by atoms with Gasteiger partial charge in [-0.15, -0.1) is 23.5 Å². The maximum atomic E-state index is 13.2. The minimum atomic E-state index is -0.297. The fraction of sp³-hybridized carbons (Fsp3) is 0.913. The lowest BCUT2D eigenvalue weighted by Gasteiger charge is -2.53. The first kappa shape index (κ1) is 19.5. The molecule has 3 aliphatic carbocycles. The zero-order chi connectivity index (χ0) is 20.5. The summed E-state index contributed by atoms with van der Waals surface area (Å²) < 4.78 is 12.9. The molecule has 7 fully saturated rings. The van der Waals surface area contributed by atoms with Gasteiger partial charge in [-0.25, -0.2) is 0 Å². The molecule has 0 bridgehead atoms. The monoisotopic (exact) mass is 466 g/mol. The van der Waals surface area contributed by atoms with E-state index in [-0.39, 0.29) is 29.2 Å². The van der Waals surface area contributed by atoms with Gasteiger partial charge < -0.3 is 9.47 Å². The van der Waals surface area contributed by atoms with Crippen LogP contribution in [-0.2, 0) is 19.1 Å². The number of ether oxygens (including phenoxy) is 2. The number of carbonyl (C=O) groups excluding carboxylic acids is 2. The second-order valence-electron chi connectivity index (χ2n) is 11.3. The molecule has 7 aliphatic rings. The summed E-state index contributed by atoms with van der Waals surface area (Å²) in [4.78, 5) is 26.3. The first-order valence-electron chi connectivity index (χ1n) is 11.7. The highest BCUT2D eigenvalue weighted by Crippen LogP contribution is 2.78. The summed E-state index contributed by atoms with van der Waals surface area (Å²) in [6, 6.07) is 0. The molecule has 0 aromatic carbocycles. The van der Waals surface area contributed by atoms with Crippen molar-refractivity contribution in [3.8, 4) is 0 Å². The predicted octanol–water partition coefficient (Wildman–Crippen LogP) is 4.15. The van der Waals surface area contributed by atoms with E-state index in [1.165, 1.54) is 12.8 Å². The van der Waals surface area contributed by atoms with Crippen molar-refractivity contribution in [3.05, 3.63) is 0 Å². The van der Waals surface area contributed by atoms with Crippen molar-refractivity contribution in [1.29, 1.82) is 0 Å². The van der Waals surface area contributed by atoms with Gasteiger partial charge in [0.2, 0.25) is 0 Å². The van der Waals surface area contributed by atoms with E-state index in [2.05, 4.69) is 37.4 Å². The largest absolute Gasteiger partial charge is 0.465 e. The lowest BCUT2D eigenvalue weighted by molar-refractivity contribution is -0.162. The third-order valence-electron chi connectivity index (χ3n) is 9.68. The SMILES string of the molecule is CC12CC34C(CCC5(C)SC53)COC(=O)C3CC5SC5CC3C(=O)OCC4CC1S2. The number of hydrogen-bond acceptors (Lipinski definition) is 7. The number of esters is 2. The van der Waals surface area contributed by atoms with Crippen LogP contribution in [0, 0.1) is 29.1 Å². The molecular formula is C23H30O4S3. The van der Waals surface area contributed by atoms with Gasteiger partial charge in [0, 0.05) is 42.3 Å². The Balaban J connectivity index is 1.25. The Kier molecular flexibility index (Phi) is 3.96. The van der Waals surface area contributed by atoms with E-state index >= 15 is 0 Å². The smallest absolute Gasteiger partial charge is 0.309 e. The third-order valence-corrected chi connectivity index (χ3v) is 14.7. The zero-order valence-electron chi connectivity index (χ0n) is 17.6. The van der Waals surface area contributed by atoms with Gasteiger partial charge >= 0.3 is 11.9 Å². The number of carbonyl (C=O) groups is 2. The number of fused-ring (bicyclic) bond motifs is 4. The number of rotatable bonds is 0. The summed E-state index contributed by atoms with van der Waals surface area (Å²) in [6.45, 7) is 5.96. The van der Waals surface area contributed by atoms with Gasteiger partial charge in [0.25, 0.3) is 0 Å². The highest BCUT2D eigenvalue weighted by atomic mass is 32.2. The standard InChI is InChI=1S/C23H30O4S3/c1-21-4-3-11-8-26-18(24)13-6-15-16(28-15)7-14(13)19(25)27-9-12-5-17-22(2,29-17)10-23(11,12)20(21)30-21/h11-17,20H,3-10H2,1-2H3. The van der Waals surface area contributed by atoms with Crippen molar-refractivity contribution in [2.24, 2.45) is 29.1 Å². The van der Waals surface area contributed by atoms with Gasteiger partial charge in [0.1, 0.15) is 0 Å². The topological polar surface area (TPSA) is 52.6 Å². The molecule has 0 radical (unpaired) electrons. The minimum Gasteiger partial charge on any atom is -0.465 e. The summed E-state index contributed by atoms with van der Waals surface area (Å²) in [5.41, 5.74) is 0.139. The maximum Gasteiger partial charge on any atom is 0.309 e. The average molecular weight is 467 g/mol. The lowest BCUT2D eigenvalue weighted by atomic mass is 9.51. The van der Waals surface area contributed by atoms with Crippen LogP contribution in [0.2, 0.25) is 0 Å². The van der Waals surface area contributed by atoms with Gasteiger partial charge in [-0.2, -0.15) is 11.8 Å². The Morgan fingerprint density at radius 2 is 1.53 bits per heavy atom. The molecule has 7 rings (SSSR count). The molecule has 11 atom stereocenters. The minimum absolute atomic E-state index is 0.129. The van der Waals surface area contributed by atoms with Crippen LogP contribution in [0.25, 0.3) is 0 Å². The molecule has 4 saturated heterocycles. The van der Waals surface area contributed by atoms with E-state index in [4.69, 9.17) is 9.47 Å².